The Hall–Kier alpha value is -1.13. The van der Waals surface area contributed by atoms with E-state index in [1.165, 1.54) is 32.0 Å². The molecule has 0 spiro atoms. The Morgan fingerprint density at radius 2 is 2.06 bits per heavy atom. The number of hydrogen-bond donors (Lipinski definition) is 2. The summed E-state index contributed by atoms with van der Waals surface area (Å²) in [6.45, 7) is 4.18. The van der Waals surface area contributed by atoms with Crippen molar-refractivity contribution in [3.05, 3.63) is 29.6 Å². The average Bonchev–Trinajstić information content (AvgIpc) is 2.37. The number of hydrogen-bond acceptors (Lipinski definition) is 3. The molecule has 4 rings (SSSR count). The minimum absolute atomic E-state index is 0.000662. The van der Waals surface area contributed by atoms with Crippen LogP contribution in [0.25, 0.3) is 0 Å². The highest BCUT2D eigenvalue weighted by Gasteiger charge is 2.33. The van der Waals surface area contributed by atoms with Gasteiger partial charge in [0.1, 0.15) is 11.6 Å². The standard InChI is InChI=1S/C14H19FN2O/c15-12-5-10(6-13(18)7-12)8-16-14-9-17-3-1-11(14)2-4-17/h5-7,11,14,16,18H,1-4,8-9H2. The third-order valence-electron chi connectivity index (χ3n) is 4.17. The van der Waals surface area contributed by atoms with Gasteiger partial charge in [0.15, 0.2) is 0 Å². The molecule has 0 radical (unpaired) electrons. The predicted octanol–water partition coefficient (Wildman–Crippen LogP) is 1.72. The third-order valence-corrected chi connectivity index (χ3v) is 4.17. The quantitative estimate of drug-likeness (QED) is 0.857. The van der Waals surface area contributed by atoms with Crippen molar-refractivity contribution in [3.8, 4) is 5.75 Å². The molecule has 3 aliphatic heterocycles. The Labute approximate surface area is 107 Å². The van der Waals surface area contributed by atoms with Crippen molar-refractivity contribution in [3.63, 3.8) is 0 Å². The number of halogens is 1. The molecule has 3 nitrogen and oxygen atoms in total. The van der Waals surface area contributed by atoms with E-state index in [4.69, 9.17) is 0 Å². The zero-order chi connectivity index (χ0) is 12.5. The van der Waals surface area contributed by atoms with Gasteiger partial charge in [-0.15, -0.1) is 0 Å². The van der Waals surface area contributed by atoms with Crippen molar-refractivity contribution < 1.29 is 9.50 Å². The van der Waals surface area contributed by atoms with Crippen LogP contribution in [-0.4, -0.2) is 35.7 Å². The maximum Gasteiger partial charge on any atom is 0.127 e. The van der Waals surface area contributed by atoms with Gasteiger partial charge in [-0.05, 0) is 49.5 Å². The van der Waals surface area contributed by atoms with Crippen molar-refractivity contribution in [2.75, 3.05) is 19.6 Å². The van der Waals surface area contributed by atoms with Gasteiger partial charge in [0, 0.05) is 25.2 Å². The molecule has 0 aliphatic carbocycles. The highest BCUT2D eigenvalue weighted by molar-refractivity contribution is 5.28. The van der Waals surface area contributed by atoms with Crippen LogP contribution < -0.4 is 5.32 Å². The molecule has 3 fully saturated rings. The fourth-order valence-electron chi connectivity index (χ4n) is 3.18. The summed E-state index contributed by atoms with van der Waals surface area (Å²) in [5.41, 5.74) is 0.809. The summed E-state index contributed by atoms with van der Waals surface area (Å²) in [4.78, 5) is 2.49. The molecule has 3 aliphatic rings. The molecular formula is C14H19FN2O. The van der Waals surface area contributed by atoms with E-state index in [0.717, 1.165) is 24.1 Å². The smallest absolute Gasteiger partial charge is 0.127 e. The lowest BCUT2D eigenvalue weighted by atomic mass is 9.84. The summed E-state index contributed by atoms with van der Waals surface area (Å²) in [6.07, 6.45) is 2.54. The summed E-state index contributed by atoms with van der Waals surface area (Å²) < 4.78 is 13.1. The van der Waals surface area contributed by atoms with Gasteiger partial charge in [-0.3, -0.25) is 0 Å². The number of rotatable bonds is 3. The summed E-state index contributed by atoms with van der Waals surface area (Å²) in [6, 6.07) is 4.75. The number of aromatic hydroxyl groups is 1. The minimum Gasteiger partial charge on any atom is -0.508 e. The number of fused-ring (bicyclic) bond motifs is 3. The SMILES string of the molecule is Oc1cc(F)cc(CNC2CN3CCC2CC3)c1. The number of piperidine rings is 3. The lowest BCUT2D eigenvalue weighted by Gasteiger charge is -2.45. The van der Waals surface area contributed by atoms with E-state index in [9.17, 15) is 9.50 Å². The van der Waals surface area contributed by atoms with E-state index >= 15 is 0 Å². The first kappa shape index (κ1) is 11.9. The van der Waals surface area contributed by atoms with Gasteiger partial charge in [0.05, 0.1) is 0 Å². The lowest BCUT2D eigenvalue weighted by Crippen LogP contribution is -2.55. The van der Waals surface area contributed by atoms with Crippen LogP contribution in [0.1, 0.15) is 18.4 Å². The van der Waals surface area contributed by atoms with Crippen LogP contribution in [0.2, 0.25) is 0 Å². The molecule has 1 unspecified atom stereocenters. The summed E-state index contributed by atoms with van der Waals surface area (Å²) in [7, 11) is 0. The zero-order valence-electron chi connectivity index (χ0n) is 10.4. The van der Waals surface area contributed by atoms with E-state index in [1.54, 1.807) is 6.07 Å². The van der Waals surface area contributed by atoms with Gasteiger partial charge in [0.25, 0.3) is 0 Å². The van der Waals surface area contributed by atoms with E-state index in [0.29, 0.717) is 12.6 Å². The Morgan fingerprint density at radius 1 is 1.28 bits per heavy atom. The van der Waals surface area contributed by atoms with Gasteiger partial charge < -0.3 is 15.3 Å². The van der Waals surface area contributed by atoms with Crippen LogP contribution in [0, 0.1) is 11.7 Å². The first-order chi connectivity index (χ1) is 8.70. The van der Waals surface area contributed by atoms with Crippen LogP contribution in [0.5, 0.6) is 5.75 Å². The van der Waals surface area contributed by atoms with Crippen LogP contribution in [0.4, 0.5) is 4.39 Å². The fourth-order valence-corrected chi connectivity index (χ4v) is 3.18. The highest BCUT2D eigenvalue weighted by Crippen LogP contribution is 2.27. The van der Waals surface area contributed by atoms with Gasteiger partial charge in [0.2, 0.25) is 0 Å². The lowest BCUT2D eigenvalue weighted by molar-refractivity contribution is 0.0720. The maximum atomic E-state index is 13.1. The Morgan fingerprint density at radius 3 is 2.67 bits per heavy atom. The molecule has 0 amide bonds. The molecule has 2 bridgehead atoms. The van der Waals surface area contributed by atoms with E-state index in [1.807, 2.05) is 0 Å². The second-order valence-electron chi connectivity index (χ2n) is 5.44. The first-order valence-electron chi connectivity index (χ1n) is 6.65. The van der Waals surface area contributed by atoms with Crippen molar-refractivity contribution >= 4 is 0 Å². The number of benzene rings is 1. The van der Waals surface area contributed by atoms with E-state index in [2.05, 4.69) is 10.2 Å². The molecule has 3 heterocycles. The maximum absolute atomic E-state index is 13.1. The predicted molar refractivity (Wildman–Crippen MR) is 67.9 cm³/mol. The van der Waals surface area contributed by atoms with Gasteiger partial charge >= 0.3 is 0 Å². The zero-order valence-corrected chi connectivity index (χ0v) is 10.4. The fraction of sp³-hybridized carbons (Fsp3) is 0.571. The molecule has 1 aromatic carbocycles. The van der Waals surface area contributed by atoms with Crippen LogP contribution in [-0.2, 0) is 6.54 Å². The number of nitrogens with one attached hydrogen (secondary N) is 1. The molecule has 2 N–H and O–H groups in total. The monoisotopic (exact) mass is 250 g/mol. The van der Waals surface area contributed by atoms with Gasteiger partial charge in [-0.25, -0.2) is 4.39 Å². The highest BCUT2D eigenvalue weighted by atomic mass is 19.1. The first-order valence-corrected chi connectivity index (χ1v) is 6.65. The summed E-state index contributed by atoms with van der Waals surface area (Å²) in [5, 5.41) is 12.9. The van der Waals surface area contributed by atoms with Crippen molar-refractivity contribution in [2.24, 2.45) is 5.92 Å². The normalized spacial score (nSPS) is 30.6. The van der Waals surface area contributed by atoms with E-state index < -0.39 is 0 Å². The number of phenolic OH excluding ortho intramolecular Hbond substituents is 1. The molecule has 0 aromatic heterocycles. The Bertz CT molecular complexity index is 410. The van der Waals surface area contributed by atoms with Crippen molar-refractivity contribution in [1.29, 1.82) is 0 Å². The third kappa shape index (κ3) is 2.49. The molecule has 3 saturated heterocycles. The van der Waals surface area contributed by atoms with Crippen LogP contribution in [0.3, 0.4) is 0 Å². The number of phenols is 1. The molecule has 1 aromatic rings. The van der Waals surface area contributed by atoms with Crippen LogP contribution >= 0.6 is 0 Å². The second-order valence-corrected chi connectivity index (χ2v) is 5.44. The molecular weight excluding hydrogens is 231 g/mol. The summed E-state index contributed by atoms with van der Waals surface area (Å²) >= 11 is 0. The van der Waals surface area contributed by atoms with Gasteiger partial charge in [-0.1, -0.05) is 0 Å². The van der Waals surface area contributed by atoms with Crippen LogP contribution in [0.15, 0.2) is 18.2 Å². The molecule has 98 valence electrons. The largest absolute Gasteiger partial charge is 0.508 e. The van der Waals surface area contributed by atoms with Crippen molar-refractivity contribution in [1.82, 2.24) is 10.2 Å². The Balaban J connectivity index is 1.61. The molecule has 1 atom stereocenters. The van der Waals surface area contributed by atoms with Gasteiger partial charge in [-0.2, -0.15) is 0 Å². The van der Waals surface area contributed by atoms with Crippen molar-refractivity contribution in [2.45, 2.75) is 25.4 Å². The molecule has 4 heteroatoms. The minimum atomic E-state index is -0.374. The average molecular weight is 250 g/mol. The summed E-state index contributed by atoms with van der Waals surface area (Å²) in [5.74, 6) is 0.388. The second kappa shape index (κ2) is 4.86. The Kier molecular flexibility index (Phi) is 3.22. The molecule has 0 saturated carbocycles. The molecule has 18 heavy (non-hydrogen) atoms. The topological polar surface area (TPSA) is 35.5 Å². The van der Waals surface area contributed by atoms with E-state index in [-0.39, 0.29) is 11.6 Å². The number of nitrogens with zero attached hydrogens (tertiary/aromatic N) is 1.